The van der Waals surface area contributed by atoms with Gasteiger partial charge in [-0.25, -0.2) is 0 Å². The molecule has 2 atom stereocenters. The van der Waals surface area contributed by atoms with E-state index in [-0.39, 0.29) is 11.9 Å². The van der Waals surface area contributed by atoms with Gasteiger partial charge in [-0.2, -0.15) is 0 Å². The molecule has 0 bridgehead atoms. The van der Waals surface area contributed by atoms with Crippen molar-refractivity contribution in [3.8, 4) is 5.75 Å². The van der Waals surface area contributed by atoms with Gasteiger partial charge in [0.2, 0.25) is 5.91 Å². The molecule has 2 saturated heterocycles. The predicted molar refractivity (Wildman–Crippen MR) is 83.9 cm³/mol. The second-order valence-electron chi connectivity index (χ2n) is 5.93. The van der Waals surface area contributed by atoms with Crippen LogP contribution in [-0.2, 0) is 9.53 Å². The standard InChI is InChI=1S/C17H24N2O3/c20-17(8-11-22-14-6-2-1-3-7-14)18-15-12-21-13-16(15)19-9-4-5-10-19/h1-3,6-7,15-16H,4-5,8-13H2,(H,18,20)/t15-,16-/m1/s1. The Morgan fingerprint density at radius 3 is 2.77 bits per heavy atom. The summed E-state index contributed by atoms with van der Waals surface area (Å²) >= 11 is 0. The molecule has 0 aromatic heterocycles. The summed E-state index contributed by atoms with van der Waals surface area (Å²) in [5.41, 5.74) is 0. The lowest BCUT2D eigenvalue weighted by molar-refractivity contribution is -0.122. The van der Waals surface area contributed by atoms with Crippen LogP contribution in [0, 0.1) is 0 Å². The van der Waals surface area contributed by atoms with Crippen LogP contribution in [0.4, 0.5) is 0 Å². The highest BCUT2D eigenvalue weighted by Crippen LogP contribution is 2.19. The molecule has 2 aliphatic rings. The SMILES string of the molecule is O=C(CCOc1ccccc1)N[C@@H]1COC[C@H]1N1CCCC1. The van der Waals surface area contributed by atoms with Crippen molar-refractivity contribution in [2.75, 3.05) is 32.9 Å². The Morgan fingerprint density at radius 1 is 1.23 bits per heavy atom. The predicted octanol–water partition coefficient (Wildman–Crippen LogP) is 1.43. The molecule has 2 aliphatic heterocycles. The summed E-state index contributed by atoms with van der Waals surface area (Å²) in [5.74, 6) is 0.838. The fraction of sp³-hybridized carbons (Fsp3) is 0.588. The normalized spacial score (nSPS) is 25.3. The molecule has 1 amide bonds. The first kappa shape index (κ1) is 15.3. The molecule has 22 heavy (non-hydrogen) atoms. The summed E-state index contributed by atoms with van der Waals surface area (Å²) in [7, 11) is 0. The largest absolute Gasteiger partial charge is 0.493 e. The maximum absolute atomic E-state index is 12.1. The Balaban J connectivity index is 1.41. The molecule has 0 saturated carbocycles. The number of likely N-dealkylation sites (tertiary alicyclic amines) is 1. The number of carbonyl (C=O) groups excluding carboxylic acids is 1. The van der Waals surface area contributed by atoms with Crippen molar-refractivity contribution < 1.29 is 14.3 Å². The van der Waals surface area contributed by atoms with Gasteiger partial charge in [-0.1, -0.05) is 18.2 Å². The van der Waals surface area contributed by atoms with E-state index in [1.54, 1.807) is 0 Å². The van der Waals surface area contributed by atoms with E-state index in [9.17, 15) is 4.79 Å². The molecule has 0 unspecified atom stereocenters. The molecule has 1 aromatic rings. The van der Waals surface area contributed by atoms with Crippen LogP contribution in [0.3, 0.4) is 0 Å². The van der Waals surface area contributed by atoms with E-state index in [4.69, 9.17) is 9.47 Å². The molecule has 1 N–H and O–H groups in total. The number of benzene rings is 1. The van der Waals surface area contributed by atoms with E-state index >= 15 is 0 Å². The summed E-state index contributed by atoms with van der Waals surface area (Å²) in [4.78, 5) is 14.5. The summed E-state index contributed by atoms with van der Waals surface area (Å²) in [6.45, 7) is 3.99. The Kier molecular flexibility index (Phi) is 5.29. The highest BCUT2D eigenvalue weighted by molar-refractivity contribution is 5.76. The fourth-order valence-electron chi connectivity index (χ4n) is 3.17. The number of carbonyl (C=O) groups is 1. The van der Waals surface area contributed by atoms with Crippen LogP contribution in [0.15, 0.2) is 30.3 Å². The summed E-state index contributed by atoms with van der Waals surface area (Å²) < 4.78 is 11.1. The lowest BCUT2D eigenvalue weighted by Crippen LogP contribution is -2.50. The number of nitrogens with one attached hydrogen (secondary N) is 1. The second kappa shape index (κ2) is 7.61. The number of ether oxygens (including phenoxy) is 2. The molecule has 0 radical (unpaired) electrons. The van der Waals surface area contributed by atoms with Gasteiger partial charge in [-0.15, -0.1) is 0 Å². The molecule has 1 aromatic carbocycles. The van der Waals surface area contributed by atoms with Crippen LogP contribution in [0.1, 0.15) is 19.3 Å². The molecular formula is C17H24N2O3. The average Bonchev–Trinajstić information content (AvgIpc) is 3.19. The molecule has 5 nitrogen and oxygen atoms in total. The van der Waals surface area contributed by atoms with Crippen molar-refractivity contribution in [3.63, 3.8) is 0 Å². The van der Waals surface area contributed by atoms with Crippen molar-refractivity contribution in [1.29, 1.82) is 0 Å². The van der Waals surface area contributed by atoms with Crippen LogP contribution in [0.5, 0.6) is 5.75 Å². The number of hydrogen-bond acceptors (Lipinski definition) is 4. The van der Waals surface area contributed by atoms with Crippen LogP contribution < -0.4 is 10.1 Å². The Hall–Kier alpha value is -1.59. The molecule has 5 heteroatoms. The molecule has 3 rings (SSSR count). The Morgan fingerprint density at radius 2 is 2.00 bits per heavy atom. The van der Waals surface area contributed by atoms with Crippen molar-refractivity contribution >= 4 is 5.91 Å². The second-order valence-corrected chi connectivity index (χ2v) is 5.93. The summed E-state index contributed by atoms with van der Waals surface area (Å²) in [5, 5.41) is 3.11. The smallest absolute Gasteiger partial charge is 0.223 e. The van der Waals surface area contributed by atoms with Gasteiger partial charge in [-0.05, 0) is 38.1 Å². The van der Waals surface area contributed by atoms with Gasteiger partial charge in [0.05, 0.1) is 38.3 Å². The van der Waals surface area contributed by atoms with Crippen molar-refractivity contribution in [2.45, 2.75) is 31.3 Å². The van der Waals surface area contributed by atoms with Gasteiger partial charge >= 0.3 is 0 Å². The molecular weight excluding hydrogens is 280 g/mol. The first-order valence-electron chi connectivity index (χ1n) is 8.12. The van der Waals surface area contributed by atoms with Gasteiger partial charge < -0.3 is 14.8 Å². The van der Waals surface area contributed by atoms with E-state index in [0.717, 1.165) is 25.4 Å². The molecule has 0 aliphatic carbocycles. The fourth-order valence-corrected chi connectivity index (χ4v) is 3.17. The zero-order valence-electron chi connectivity index (χ0n) is 12.9. The van der Waals surface area contributed by atoms with Gasteiger partial charge in [0.25, 0.3) is 0 Å². The highest BCUT2D eigenvalue weighted by Gasteiger charge is 2.35. The Bertz CT molecular complexity index is 474. The summed E-state index contributed by atoms with van der Waals surface area (Å²) in [6, 6.07) is 10.0. The van der Waals surface area contributed by atoms with E-state index < -0.39 is 0 Å². The average molecular weight is 304 g/mol. The lowest BCUT2D eigenvalue weighted by Gasteiger charge is -2.27. The van der Waals surface area contributed by atoms with Crippen molar-refractivity contribution in [1.82, 2.24) is 10.2 Å². The highest BCUT2D eigenvalue weighted by atomic mass is 16.5. The number of nitrogens with zero attached hydrogens (tertiary/aromatic N) is 1. The van der Waals surface area contributed by atoms with Crippen LogP contribution in [0.25, 0.3) is 0 Å². The van der Waals surface area contributed by atoms with E-state index in [0.29, 0.717) is 25.7 Å². The van der Waals surface area contributed by atoms with Gasteiger partial charge in [0.1, 0.15) is 5.75 Å². The van der Waals surface area contributed by atoms with Crippen LogP contribution in [-0.4, -0.2) is 55.8 Å². The van der Waals surface area contributed by atoms with Crippen molar-refractivity contribution in [2.24, 2.45) is 0 Å². The number of hydrogen-bond donors (Lipinski definition) is 1. The first-order valence-corrected chi connectivity index (χ1v) is 8.12. The third-order valence-corrected chi connectivity index (χ3v) is 4.35. The van der Waals surface area contributed by atoms with E-state index in [1.807, 2.05) is 30.3 Å². The quantitative estimate of drug-likeness (QED) is 0.864. The van der Waals surface area contributed by atoms with Crippen LogP contribution in [0.2, 0.25) is 0 Å². The zero-order chi connectivity index (χ0) is 15.2. The third-order valence-electron chi connectivity index (χ3n) is 4.35. The third kappa shape index (κ3) is 3.99. The molecule has 120 valence electrons. The van der Waals surface area contributed by atoms with Gasteiger partial charge in [0.15, 0.2) is 0 Å². The van der Waals surface area contributed by atoms with Gasteiger partial charge in [0, 0.05) is 0 Å². The minimum absolute atomic E-state index is 0.0376. The minimum atomic E-state index is 0.0376. The van der Waals surface area contributed by atoms with Gasteiger partial charge in [-0.3, -0.25) is 9.69 Å². The summed E-state index contributed by atoms with van der Waals surface area (Å²) in [6.07, 6.45) is 2.88. The number of para-hydroxylation sites is 1. The maximum atomic E-state index is 12.1. The monoisotopic (exact) mass is 304 g/mol. The molecule has 2 heterocycles. The van der Waals surface area contributed by atoms with Crippen LogP contribution >= 0.6 is 0 Å². The number of amides is 1. The van der Waals surface area contributed by atoms with E-state index in [2.05, 4.69) is 10.2 Å². The topological polar surface area (TPSA) is 50.8 Å². The Labute approximate surface area is 131 Å². The maximum Gasteiger partial charge on any atom is 0.223 e. The molecule has 2 fully saturated rings. The van der Waals surface area contributed by atoms with E-state index in [1.165, 1.54) is 12.8 Å². The zero-order valence-corrected chi connectivity index (χ0v) is 12.9. The lowest BCUT2D eigenvalue weighted by atomic mass is 10.1. The van der Waals surface area contributed by atoms with Crippen molar-refractivity contribution in [3.05, 3.63) is 30.3 Å². The number of rotatable bonds is 6. The molecule has 0 spiro atoms. The first-order chi connectivity index (χ1) is 10.8. The minimum Gasteiger partial charge on any atom is -0.493 e.